The molecule has 1 amide bonds. The van der Waals surface area contributed by atoms with Crippen LogP contribution < -0.4 is 5.32 Å². The van der Waals surface area contributed by atoms with Crippen molar-refractivity contribution < 1.29 is 34.9 Å². The fourth-order valence-electron chi connectivity index (χ4n) is 9.19. The van der Waals surface area contributed by atoms with Gasteiger partial charge in [-0.3, -0.25) is 4.79 Å². The molecule has 4 aliphatic rings. The lowest BCUT2D eigenvalue weighted by molar-refractivity contribution is -0.153. The highest BCUT2D eigenvalue weighted by molar-refractivity contribution is 5.96. The molecule has 0 spiro atoms. The van der Waals surface area contributed by atoms with E-state index in [9.17, 15) is 30.0 Å². The Morgan fingerprint density at radius 1 is 1.25 bits per heavy atom. The molecule has 10 heteroatoms. The molecule has 3 fully saturated rings. The number of allylic oxidation sites excluding steroid dienone is 2. The summed E-state index contributed by atoms with van der Waals surface area (Å²) in [5, 5.41) is 49.7. The first kappa shape index (κ1) is 30.2. The molecule has 10 nitrogen and oxygen atoms in total. The Hall–Kier alpha value is -3.81. The van der Waals surface area contributed by atoms with Crippen LogP contribution in [0.1, 0.15) is 64.4 Å². The van der Waals surface area contributed by atoms with E-state index in [1.54, 1.807) is 18.3 Å². The third-order valence-electron chi connectivity index (χ3n) is 11.5. The maximum atomic E-state index is 12.6. The number of phenolic OH excluding ortho intramolecular Hbond substituents is 1. The average Bonchev–Trinajstić information content (AvgIpc) is 3.49. The number of hydrogen-bond donors (Lipinski definition) is 6. The molecule has 5 unspecified atom stereocenters. The summed E-state index contributed by atoms with van der Waals surface area (Å²) in [6.45, 7) is 3.87. The second kappa shape index (κ2) is 11.0. The highest BCUT2D eigenvalue weighted by Gasteiger charge is 2.66. The number of carbonyl (C=O) groups excluding carboxylic acids is 1. The van der Waals surface area contributed by atoms with E-state index in [2.05, 4.69) is 35.2 Å². The first-order valence-electron chi connectivity index (χ1n) is 15.5. The molecule has 0 aliphatic heterocycles. The summed E-state index contributed by atoms with van der Waals surface area (Å²) in [6.07, 6.45) is 14.1. The Kier molecular flexibility index (Phi) is 7.53. The number of carbonyl (C=O) groups is 2. The number of H-pyrrole nitrogens is 1. The minimum absolute atomic E-state index is 0.0566. The number of oxime groups is 1. The molecule has 0 bridgehead atoms. The molecule has 1 aromatic carbocycles. The minimum Gasteiger partial charge on any atom is -0.508 e. The number of aromatic amines is 1. The van der Waals surface area contributed by atoms with Gasteiger partial charge in [-0.15, -0.1) is 6.42 Å². The van der Waals surface area contributed by atoms with Gasteiger partial charge in [0.2, 0.25) is 0 Å². The summed E-state index contributed by atoms with van der Waals surface area (Å²) in [4.78, 5) is 32.9. The summed E-state index contributed by atoms with van der Waals surface area (Å²) in [5.41, 5.74) is 1.45. The number of carboxylic acid groups (broad SMARTS) is 1. The second-order valence-corrected chi connectivity index (χ2v) is 13.7. The molecule has 8 atom stereocenters. The minimum atomic E-state index is -1.18. The van der Waals surface area contributed by atoms with Crippen LogP contribution in [-0.4, -0.2) is 67.4 Å². The number of carboxylic acids is 1. The molecule has 2 aromatic rings. The number of aliphatic hydroxyl groups is 2. The molecule has 4 aliphatic carbocycles. The lowest BCUT2D eigenvalue weighted by Gasteiger charge is -2.60. The number of amides is 1. The zero-order valence-corrected chi connectivity index (χ0v) is 25.2. The number of rotatable bonds is 7. The van der Waals surface area contributed by atoms with Crippen molar-refractivity contribution in [2.75, 3.05) is 6.61 Å². The van der Waals surface area contributed by atoms with Crippen LogP contribution in [0.2, 0.25) is 0 Å². The number of hydrogen-bond acceptors (Lipinski definition) is 7. The number of fused-ring (bicyclic) bond motifs is 6. The van der Waals surface area contributed by atoms with Gasteiger partial charge in [0.05, 0.1) is 11.8 Å². The maximum Gasteiger partial charge on any atom is 0.326 e. The van der Waals surface area contributed by atoms with Gasteiger partial charge in [-0.25, -0.2) is 4.79 Å². The van der Waals surface area contributed by atoms with E-state index in [1.165, 1.54) is 11.6 Å². The molecule has 3 saturated carbocycles. The standard InChI is InChI=1S/C34H41N3O7/c1-4-34(43)12-10-25-24-7-5-20-14-21(9-11-32(20,2)30(24)28(39)16-33(25,34)3)37-44-18-29(40)36-27(31(41)42)13-19-17-35-26-15-22(38)6-8-23(19)26/h1,6,8,14-15,17,24-25,27-28,30,35,38-39,43H,5,7,9-13,16,18H2,2-3H3,(H,36,40)(H,41,42)/b37-21+/t24?,25?,27?,28?,30?,32-,33-,34-/m0/s1. The molecule has 44 heavy (non-hydrogen) atoms. The number of aliphatic carboxylic acids is 1. The van der Waals surface area contributed by atoms with E-state index >= 15 is 0 Å². The molecule has 234 valence electrons. The molecular weight excluding hydrogens is 562 g/mol. The lowest BCUT2D eigenvalue weighted by atomic mass is 9.45. The average molecular weight is 604 g/mol. The smallest absolute Gasteiger partial charge is 0.326 e. The number of terminal acetylenes is 1. The number of phenols is 1. The Morgan fingerprint density at radius 3 is 2.80 bits per heavy atom. The number of nitrogens with zero attached hydrogens (tertiary/aromatic N) is 1. The lowest BCUT2D eigenvalue weighted by Crippen LogP contribution is -2.59. The molecule has 1 heterocycles. The topological polar surface area (TPSA) is 164 Å². The molecule has 0 radical (unpaired) electrons. The summed E-state index contributed by atoms with van der Waals surface area (Å²) < 4.78 is 0. The van der Waals surface area contributed by atoms with Gasteiger partial charge in [0.25, 0.3) is 5.91 Å². The number of aromatic hydroxyl groups is 1. The Morgan fingerprint density at radius 2 is 2.05 bits per heavy atom. The normalized spacial score (nSPS) is 36.0. The van der Waals surface area contributed by atoms with Crippen LogP contribution in [0.3, 0.4) is 0 Å². The fraction of sp³-hybridized carbons (Fsp3) is 0.559. The second-order valence-electron chi connectivity index (χ2n) is 13.7. The van der Waals surface area contributed by atoms with Crippen LogP contribution in [0.25, 0.3) is 10.9 Å². The monoisotopic (exact) mass is 603 g/mol. The fourth-order valence-corrected chi connectivity index (χ4v) is 9.19. The summed E-state index contributed by atoms with van der Waals surface area (Å²) in [5.74, 6) is 1.63. The summed E-state index contributed by atoms with van der Waals surface area (Å²) >= 11 is 0. The zero-order valence-electron chi connectivity index (χ0n) is 25.2. The van der Waals surface area contributed by atoms with Gasteiger partial charge in [0.1, 0.15) is 17.4 Å². The van der Waals surface area contributed by atoms with Crippen LogP contribution in [-0.2, 0) is 20.8 Å². The predicted octanol–water partition coefficient (Wildman–Crippen LogP) is 3.66. The Bertz CT molecular complexity index is 1590. The van der Waals surface area contributed by atoms with Gasteiger partial charge in [-0.05, 0) is 91.9 Å². The zero-order chi connectivity index (χ0) is 31.4. The van der Waals surface area contributed by atoms with E-state index < -0.39 is 41.6 Å². The number of aromatic nitrogens is 1. The van der Waals surface area contributed by atoms with Crippen LogP contribution in [0.4, 0.5) is 0 Å². The van der Waals surface area contributed by atoms with E-state index in [4.69, 9.17) is 11.3 Å². The van der Waals surface area contributed by atoms with Gasteiger partial charge in [-0.2, -0.15) is 0 Å². The van der Waals surface area contributed by atoms with E-state index in [-0.39, 0.29) is 35.3 Å². The first-order valence-corrected chi connectivity index (χ1v) is 15.5. The van der Waals surface area contributed by atoms with Crippen LogP contribution in [0.15, 0.2) is 41.2 Å². The van der Waals surface area contributed by atoms with Crippen molar-refractivity contribution in [3.63, 3.8) is 0 Å². The van der Waals surface area contributed by atoms with Crippen molar-refractivity contribution in [2.45, 2.75) is 83.0 Å². The van der Waals surface area contributed by atoms with Crippen LogP contribution in [0, 0.1) is 40.9 Å². The van der Waals surface area contributed by atoms with E-state index in [0.717, 1.165) is 36.8 Å². The first-order chi connectivity index (χ1) is 20.9. The highest BCUT2D eigenvalue weighted by Crippen LogP contribution is 2.67. The van der Waals surface area contributed by atoms with Crippen molar-refractivity contribution in [1.82, 2.24) is 10.3 Å². The van der Waals surface area contributed by atoms with Crippen molar-refractivity contribution in [2.24, 2.45) is 33.7 Å². The number of benzene rings is 1. The van der Waals surface area contributed by atoms with Crippen molar-refractivity contribution in [3.05, 3.63) is 41.6 Å². The largest absolute Gasteiger partial charge is 0.508 e. The van der Waals surface area contributed by atoms with Gasteiger partial charge in [0.15, 0.2) is 6.61 Å². The molecule has 6 N–H and O–H groups in total. The van der Waals surface area contributed by atoms with Crippen molar-refractivity contribution >= 4 is 28.5 Å². The number of nitrogens with one attached hydrogen (secondary N) is 2. The summed E-state index contributed by atoms with van der Waals surface area (Å²) in [7, 11) is 0. The Balaban J connectivity index is 1.09. The molecule has 1 aromatic heterocycles. The quantitative estimate of drug-likeness (QED) is 0.208. The predicted molar refractivity (Wildman–Crippen MR) is 163 cm³/mol. The molecule has 0 saturated heterocycles. The summed E-state index contributed by atoms with van der Waals surface area (Å²) in [6, 6.07) is 3.61. The van der Waals surface area contributed by atoms with Gasteiger partial charge in [0, 0.05) is 35.0 Å². The van der Waals surface area contributed by atoms with Crippen LogP contribution in [0.5, 0.6) is 5.75 Å². The van der Waals surface area contributed by atoms with E-state index in [0.29, 0.717) is 30.3 Å². The molecular formula is C34H41N3O7. The maximum absolute atomic E-state index is 12.6. The van der Waals surface area contributed by atoms with Crippen molar-refractivity contribution in [3.8, 4) is 18.1 Å². The van der Waals surface area contributed by atoms with Gasteiger partial charge in [-0.1, -0.05) is 30.5 Å². The number of aliphatic hydroxyl groups excluding tert-OH is 1. The Labute approximate surface area is 256 Å². The van der Waals surface area contributed by atoms with Crippen molar-refractivity contribution in [1.29, 1.82) is 0 Å². The third-order valence-corrected chi connectivity index (χ3v) is 11.5. The third kappa shape index (κ3) is 4.87. The van der Waals surface area contributed by atoms with Gasteiger partial charge >= 0.3 is 5.97 Å². The molecule has 6 rings (SSSR count). The van der Waals surface area contributed by atoms with Crippen LogP contribution >= 0.6 is 0 Å². The highest BCUT2D eigenvalue weighted by atomic mass is 16.6. The van der Waals surface area contributed by atoms with Gasteiger partial charge < -0.3 is 35.6 Å². The SMILES string of the molecule is C#C[C@]1(O)CCC2C3CCC4=C/C(=N/OCC(=O)NC(Cc5c[nH]c6cc(O)ccc56)C(=O)O)CC[C@]4(C)C3C(O)C[C@@]21C. The van der Waals surface area contributed by atoms with E-state index in [1.807, 2.05) is 6.08 Å².